The van der Waals surface area contributed by atoms with Crippen LogP contribution in [0.25, 0.3) is 0 Å². The molecular weight excluding hydrogens is 793 g/mol. The van der Waals surface area contributed by atoms with Gasteiger partial charge < -0.3 is 52.8 Å². The van der Waals surface area contributed by atoms with Gasteiger partial charge >= 0.3 is 0 Å². The van der Waals surface area contributed by atoms with Crippen molar-refractivity contribution >= 4 is 0 Å². The predicted octanol–water partition coefficient (Wildman–Crippen LogP) is 4.18. The fourth-order valence-corrected chi connectivity index (χ4v) is 13.7. The number of methoxy groups -OCH3 is 1. The molecule has 8 aliphatic rings. The minimum atomic E-state index is -0.970. The van der Waals surface area contributed by atoms with Crippen molar-refractivity contribution in [1.82, 2.24) is 9.80 Å². The van der Waals surface area contributed by atoms with Crippen LogP contribution >= 0.6 is 0 Å². The molecule has 0 aromatic heterocycles. The Morgan fingerprint density at radius 3 is 1.76 bits per heavy atom. The molecule has 10 atom stereocenters. The highest BCUT2D eigenvalue weighted by Crippen LogP contribution is 2.67. The van der Waals surface area contributed by atoms with E-state index in [1.165, 1.54) is 16.7 Å². The molecular formula is C49H66N2O11. The first kappa shape index (κ1) is 42.8. The lowest BCUT2D eigenvalue weighted by atomic mass is 9.48. The third-order valence-electron chi connectivity index (χ3n) is 16.2. The minimum absolute atomic E-state index is 0.0335. The highest BCUT2D eigenvalue weighted by atomic mass is 16.7. The minimum Gasteiger partial charge on any atom is -0.486 e. The molecule has 5 unspecified atom stereocenters. The summed E-state index contributed by atoms with van der Waals surface area (Å²) in [4.78, 5) is 4.81. The monoisotopic (exact) mass is 858 g/mol. The zero-order valence-corrected chi connectivity index (χ0v) is 36.7. The molecule has 338 valence electrons. The number of likely N-dealkylation sites (tertiary alicyclic amines) is 2. The van der Waals surface area contributed by atoms with Gasteiger partial charge in [0.15, 0.2) is 18.3 Å². The number of aliphatic hydroxyl groups is 2. The van der Waals surface area contributed by atoms with Crippen molar-refractivity contribution in [2.45, 2.75) is 117 Å². The predicted molar refractivity (Wildman–Crippen MR) is 230 cm³/mol. The van der Waals surface area contributed by atoms with E-state index in [4.69, 9.17) is 42.6 Å². The third-order valence-corrected chi connectivity index (χ3v) is 16.2. The second-order valence-electron chi connectivity index (χ2n) is 18.8. The maximum atomic E-state index is 12.8. The summed E-state index contributed by atoms with van der Waals surface area (Å²) in [5, 5.41) is 25.5. The Hall–Kier alpha value is -3.08. The van der Waals surface area contributed by atoms with E-state index in [1.807, 2.05) is 18.2 Å². The molecule has 2 saturated heterocycles. The molecule has 4 aliphatic carbocycles. The number of piperidine rings is 2. The highest BCUT2D eigenvalue weighted by Gasteiger charge is 2.74. The van der Waals surface area contributed by atoms with Crippen LogP contribution in [-0.4, -0.2) is 161 Å². The Balaban J connectivity index is 0.714. The zero-order chi connectivity index (χ0) is 42.7. The van der Waals surface area contributed by atoms with Gasteiger partial charge in [0.05, 0.1) is 87.1 Å². The Kier molecular flexibility index (Phi) is 11.8. The molecule has 2 saturated carbocycles. The van der Waals surface area contributed by atoms with Crippen molar-refractivity contribution in [2.75, 3.05) is 92.9 Å². The van der Waals surface area contributed by atoms with Gasteiger partial charge in [-0.2, -0.15) is 0 Å². The van der Waals surface area contributed by atoms with Crippen molar-refractivity contribution in [1.29, 1.82) is 0 Å². The number of nitrogens with zero attached hydrogens (tertiary/aromatic N) is 2. The Morgan fingerprint density at radius 2 is 1.19 bits per heavy atom. The van der Waals surface area contributed by atoms with Crippen molar-refractivity contribution < 1.29 is 52.8 Å². The Morgan fingerprint density at radius 1 is 0.677 bits per heavy atom. The van der Waals surface area contributed by atoms with Gasteiger partial charge in [-0.1, -0.05) is 30.4 Å². The van der Waals surface area contributed by atoms with Crippen LogP contribution < -0.4 is 14.2 Å². The lowest BCUT2D eigenvalue weighted by molar-refractivity contribution is -0.215. The molecule has 2 spiro atoms. The largest absolute Gasteiger partial charge is 0.486 e. The van der Waals surface area contributed by atoms with Crippen LogP contribution in [0.2, 0.25) is 0 Å². The number of benzene rings is 2. The van der Waals surface area contributed by atoms with E-state index in [9.17, 15) is 10.2 Å². The Labute approximate surface area is 366 Å². The molecule has 0 radical (unpaired) electrons. The number of ether oxygens (including phenoxy) is 9. The first-order chi connectivity index (χ1) is 30.3. The zero-order valence-electron chi connectivity index (χ0n) is 36.7. The second-order valence-corrected chi connectivity index (χ2v) is 18.8. The van der Waals surface area contributed by atoms with Gasteiger partial charge in [-0.3, -0.25) is 9.80 Å². The molecule has 0 amide bonds. The summed E-state index contributed by atoms with van der Waals surface area (Å²) in [6.07, 6.45) is 8.83. The summed E-state index contributed by atoms with van der Waals surface area (Å²) in [6.45, 7) is 17.0. The van der Waals surface area contributed by atoms with Crippen molar-refractivity contribution in [2.24, 2.45) is 0 Å². The lowest BCUT2D eigenvalue weighted by Crippen LogP contribution is -2.77. The van der Waals surface area contributed by atoms with Crippen LogP contribution in [0.1, 0.15) is 66.3 Å². The van der Waals surface area contributed by atoms with Gasteiger partial charge in [0, 0.05) is 43.4 Å². The van der Waals surface area contributed by atoms with E-state index in [1.54, 1.807) is 7.11 Å². The van der Waals surface area contributed by atoms with E-state index in [0.717, 1.165) is 75.2 Å². The molecule has 13 nitrogen and oxygen atoms in total. The quantitative estimate of drug-likeness (QED) is 0.106. The fraction of sp³-hybridized carbons (Fsp3) is 0.673. The maximum absolute atomic E-state index is 12.8. The standard InChI is InChI=1S/C49H66N2O11/c1-5-17-50-19-15-46-40-33-8-7-32(3)42(40)61-44(46)36(11-13-48(46,52)38(50)29-33)58-27-25-55-23-24-56-26-28-59-37-12-14-49(53)39-30-34-9-10-35(60-31-57-22-21-54-4)43-41(34)47(49,45(37)62-43)16-20-51(39)18-6-2/h5-10,36-39,44-45,52-53H,1-2,11-31H2,3-4H3/t36?,37?,38?,39?,44?,45-,46-,47-,48+,49+/m0/s1. The van der Waals surface area contributed by atoms with Gasteiger partial charge in [0.2, 0.25) is 0 Å². The molecule has 4 heterocycles. The van der Waals surface area contributed by atoms with Gasteiger partial charge in [-0.05, 0) is 94.1 Å². The summed E-state index contributed by atoms with van der Waals surface area (Å²) in [5.41, 5.74) is 3.02. The third kappa shape index (κ3) is 6.39. The first-order valence-electron chi connectivity index (χ1n) is 23.1. The van der Waals surface area contributed by atoms with E-state index in [-0.39, 0.29) is 43.3 Å². The average Bonchev–Trinajstić information content (AvgIpc) is 3.81. The van der Waals surface area contributed by atoms with Gasteiger partial charge in [-0.15, -0.1) is 13.2 Å². The van der Waals surface area contributed by atoms with Crippen LogP contribution in [0.4, 0.5) is 0 Å². The number of hydrogen-bond acceptors (Lipinski definition) is 13. The van der Waals surface area contributed by atoms with Crippen LogP contribution in [0.15, 0.2) is 49.6 Å². The highest BCUT2D eigenvalue weighted by molar-refractivity contribution is 5.63. The fourth-order valence-electron chi connectivity index (χ4n) is 13.7. The molecule has 2 aromatic rings. The van der Waals surface area contributed by atoms with Gasteiger partial charge in [0.1, 0.15) is 18.0 Å². The molecule has 2 N–H and O–H groups in total. The van der Waals surface area contributed by atoms with Crippen LogP contribution in [0, 0.1) is 6.92 Å². The normalized spacial score (nSPS) is 35.7. The van der Waals surface area contributed by atoms with Crippen LogP contribution in [0.5, 0.6) is 17.2 Å². The summed E-state index contributed by atoms with van der Waals surface area (Å²) in [7, 11) is 1.64. The van der Waals surface area contributed by atoms with E-state index >= 15 is 0 Å². The number of aryl methyl sites for hydroxylation is 1. The average molecular weight is 859 g/mol. The molecule has 4 aliphatic heterocycles. The van der Waals surface area contributed by atoms with Gasteiger partial charge in [0.25, 0.3) is 0 Å². The number of hydrogen-bond donors (Lipinski definition) is 2. The van der Waals surface area contributed by atoms with E-state index in [2.05, 4.69) is 48.1 Å². The second kappa shape index (κ2) is 17.0. The SMILES string of the molecule is C=CCN1CC[C@]23c4c5ccc(C)c4OC2C(OCCOCCOCCOC2CC[C@@]4(O)C6Cc7ccc(OCOCCOC)c8c7[C@@]4(CCN6CC=C)[C@H]2O8)CC[C@@]3(O)C1C5. The smallest absolute Gasteiger partial charge is 0.189 e. The summed E-state index contributed by atoms with van der Waals surface area (Å²) in [6, 6.07) is 8.53. The Bertz CT molecular complexity index is 2000. The molecule has 4 fully saturated rings. The summed E-state index contributed by atoms with van der Waals surface area (Å²) in [5.74, 6) is 2.30. The van der Waals surface area contributed by atoms with Crippen molar-refractivity contribution in [3.8, 4) is 17.2 Å². The topological polar surface area (TPSA) is 130 Å². The van der Waals surface area contributed by atoms with Crippen LogP contribution in [-0.2, 0) is 52.1 Å². The molecule has 4 bridgehead atoms. The maximum Gasteiger partial charge on any atom is 0.189 e. The number of rotatable bonds is 21. The van der Waals surface area contributed by atoms with Crippen molar-refractivity contribution in [3.63, 3.8) is 0 Å². The molecule has 10 rings (SSSR count). The summed E-state index contributed by atoms with van der Waals surface area (Å²) < 4.78 is 55.8. The van der Waals surface area contributed by atoms with Crippen LogP contribution in [0.3, 0.4) is 0 Å². The van der Waals surface area contributed by atoms with E-state index in [0.29, 0.717) is 83.6 Å². The van der Waals surface area contributed by atoms with Crippen molar-refractivity contribution in [3.05, 3.63) is 77.4 Å². The lowest BCUT2D eigenvalue weighted by Gasteiger charge is -2.64. The molecule has 2 aromatic carbocycles. The van der Waals surface area contributed by atoms with E-state index < -0.39 is 22.0 Å². The molecule has 13 heteroatoms. The van der Waals surface area contributed by atoms with Gasteiger partial charge in [-0.25, -0.2) is 0 Å². The first-order valence-corrected chi connectivity index (χ1v) is 23.1. The molecule has 62 heavy (non-hydrogen) atoms. The summed E-state index contributed by atoms with van der Waals surface area (Å²) >= 11 is 0.